The van der Waals surface area contributed by atoms with E-state index in [1.54, 1.807) is 50.4 Å². The predicted octanol–water partition coefficient (Wildman–Crippen LogP) is 4.15. The van der Waals surface area contributed by atoms with Crippen molar-refractivity contribution in [1.82, 2.24) is 10.2 Å². The summed E-state index contributed by atoms with van der Waals surface area (Å²) in [4.78, 5) is 28.4. The number of anilines is 1. The first-order chi connectivity index (χ1) is 16.9. The van der Waals surface area contributed by atoms with E-state index in [0.717, 1.165) is 22.5 Å². The number of nitrogens with one attached hydrogen (secondary N) is 1. The Hall–Kier alpha value is -2.78. The molecule has 0 spiro atoms. The number of ether oxygens (including phenoxy) is 1. The molecule has 0 heterocycles. The maximum Gasteiger partial charge on any atom is 0.244 e. The van der Waals surface area contributed by atoms with Crippen LogP contribution in [-0.4, -0.2) is 57.1 Å². The molecular formula is C26H36ClN3O5S. The van der Waals surface area contributed by atoms with Crippen LogP contribution in [0.4, 0.5) is 5.69 Å². The number of halogens is 1. The number of hydrogen-bond acceptors (Lipinski definition) is 5. The highest BCUT2D eigenvalue weighted by Crippen LogP contribution is 2.26. The zero-order chi connectivity index (χ0) is 27.0. The Bertz CT molecular complexity index is 1170. The smallest absolute Gasteiger partial charge is 0.244 e. The van der Waals surface area contributed by atoms with Crippen LogP contribution in [0.25, 0.3) is 0 Å². The van der Waals surface area contributed by atoms with E-state index in [0.29, 0.717) is 28.4 Å². The number of aryl methyl sites for hydroxylation is 1. The molecule has 0 aliphatic heterocycles. The molecule has 0 unspecified atom stereocenters. The molecule has 0 radical (unpaired) electrons. The van der Waals surface area contributed by atoms with Crippen molar-refractivity contribution in [1.29, 1.82) is 0 Å². The van der Waals surface area contributed by atoms with E-state index in [4.69, 9.17) is 16.3 Å². The molecule has 36 heavy (non-hydrogen) atoms. The zero-order valence-corrected chi connectivity index (χ0v) is 23.3. The third kappa shape index (κ3) is 7.86. The number of methoxy groups -OCH3 is 1. The lowest BCUT2D eigenvalue weighted by atomic mass is 10.1. The first-order valence-corrected chi connectivity index (χ1v) is 14.1. The van der Waals surface area contributed by atoms with Crippen LogP contribution < -0.4 is 14.4 Å². The minimum absolute atomic E-state index is 0.0652. The first kappa shape index (κ1) is 29.5. The van der Waals surface area contributed by atoms with Gasteiger partial charge < -0.3 is 15.0 Å². The maximum absolute atomic E-state index is 13.8. The second kappa shape index (κ2) is 13.0. The van der Waals surface area contributed by atoms with Gasteiger partial charge in [0, 0.05) is 17.6 Å². The minimum Gasteiger partial charge on any atom is -0.497 e. The van der Waals surface area contributed by atoms with Gasteiger partial charge >= 0.3 is 0 Å². The Kier molecular flexibility index (Phi) is 10.6. The molecule has 2 rings (SSSR count). The number of carbonyl (C=O) groups excluding carboxylic acids is 2. The molecule has 0 bridgehead atoms. The van der Waals surface area contributed by atoms with Crippen molar-refractivity contribution in [3.05, 3.63) is 58.6 Å². The van der Waals surface area contributed by atoms with Crippen LogP contribution >= 0.6 is 11.6 Å². The third-order valence-electron chi connectivity index (χ3n) is 5.98. The van der Waals surface area contributed by atoms with E-state index in [9.17, 15) is 18.0 Å². The lowest BCUT2D eigenvalue weighted by Gasteiger charge is -2.33. The standard InChI is InChI=1S/C26H36ClN3O5S/c1-7-19(4)28-26(32)23(8-2)29(16-20-10-9-11-22(15-20)35-5)25(31)17-30(36(6,33)34)24-13-12-21(27)14-18(24)3/h9-15,19,23H,7-8,16-17H2,1-6H3,(H,28,32)/t19-,23+/m0/s1. The second-order valence-corrected chi connectivity index (χ2v) is 11.2. The van der Waals surface area contributed by atoms with Crippen molar-refractivity contribution in [2.75, 3.05) is 24.2 Å². The zero-order valence-electron chi connectivity index (χ0n) is 21.7. The summed E-state index contributed by atoms with van der Waals surface area (Å²) in [6.07, 6.45) is 2.15. The molecule has 0 saturated carbocycles. The van der Waals surface area contributed by atoms with Crippen molar-refractivity contribution in [3.63, 3.8) is 0 Å². The summed E-state index contributed by atoms with van der Waals surface area (Å²) in [6, 6.07) is 11.2. The number of sulfonamides is 1. The van der Waals surface area contributed by atoms with Gasteiger partial charge in [0.15, 0.2) is 0 Å². The SMILES string of the molecule is CC[C@H](C(=O)N[C@@H](C)CC)N(Cc1cccc(OC)c1)C(=O)CN(c1ccc(Cl)cc1C)S(C)(=O)=O. The second-order valence-electron chi connectivity index (χ2n) is 8.82. The number of nitrogens with zero attached hydrogens (tertiary/aromatic N) is 2. The summed E-state index contributed by atoms with van der Waals surface area (Å²) in [5.74, 6) is -0.160. The molecule has 198 valence electrons. The molecule has 0 fully saturated rings. The number of rotatable bonds is 12. The average molecular weight is 538 g/mol. The largest absolute Gasteiger partial charge is 0.497 e. The molecular weight excluding hydrogens is 502 g/mol. The van der Waals surface area contributed by atoms with Crippen molar-refractivity contribution in [2.45, 2.75) is 59.2 Å². The van der Waals surface area contributed by atoms with Crippen LogP contribution in [0.2, 0.25) is 5.02 Å². The lowest BCUT2D eigenvalue weighted by Crippen LogP contribution is -2.53. The highest BCUT2D eigenvalue weighted by molar-refractivity contribution is 7.92. The fourth-order valence-corrected chi connectivity index (χ4v) is 4.96. The Morgan fingerprint density at radius 2 is 1.81 bits per heavy atom. The van der Waals surface area contributed by atoms with Gasteiger partial charge in [-0.05, 0) is 68.1 Å². The van der Waals surface area contributed by atoms with Crippen LogP contribution in [0.3, 0.4) is 0 Å². The number of amides is 2. The fraction of sp³-hybridized carbons (Fsp3) is 0.462. The number of benzene rings is 2. The molecule has 10 heteroatoms. The summed E-state index contributed by atoms with van der Waals surface area (Å²) >= 11 is 6.06. The molecule has 0 aliphatic rings. The van der Waals surface area contributed by atoms with E-state index in [-0.39, 0.29) is 18.5 Å². The maximum atomic E-state index is 13.8. The van der Waals surface area contributed by atoms with Gasteiger partial charge in [0.2, 0.25) is 21.8 Å². The first-order valence-electron chi connectivity index (χ1n) is 11.9. The van der Waals surface area contributed by atoms with Gasteiger partial charge in [-0.1, -0.05) is 37.6 Å². The van der Waals surface area contributed by atoms with Crippen molar-refractivity contribution in [2.24, 2.45) is 0 Å². The summed E-state index contributed by atoms with van der Waals surface area (Å²) in [7, 11) is -2.27. The van der Waals surface area contributed by atoms with E-state index in [2.05, 4.69) is 5.32 Å². The minimum atomic E-state index is -3.82. The van der Waals surface area contributed by atoms with Crippen molar-refractivity contribution < 1.29 is 22.7 Å². The van der Waals surface area contributed by atoms with E-state index < -0.39 is 28.5 Å². The molecule has 0 saturated heterocycles. The van der Waals surface area contributed by atoms with Crippen LogP contribution in [0.5, 0.6) is 5.75 Å². The summed E-state index contributed by atoms with van der Waals surface area (Å²) < 4.78 is 31.9. The highest BCUT2D eigenvalue weighted by Gasteiger charge is 2.32. The molecule has 8 nitrogen and oxygen atoms in total. The topological polar surface area (TPSA) is 96.0 Å². The van der Waals surface area contributed by atoms with Crippen LogP contribution in [-0.2, 0) is 26.2 Å². The number of carbonyl (C=O) groups is 2. The monoisotopic (exact) mass is 537 g/mol. The fourth-order valence-electron chi connectivity index (χ4n) is 3.82. The van der Waals surface area contributed by atoms with Gasteiger partial charge in [0.05, 0.1) is 19.1 Å². The molecule has 2 atom stereocenters. The Labute approximate surface area is 219 Å². The van der Waals surface area contributed by atoms with E-state index >= 15 is 0 Å². The Balaban J connectivity index is 2.49. The molecule has 0 aromatic heterocycles. The van der Waals surface area contributed by atoms with Gasteiger partial charge in [0.25, 0.3) is 0 Å². The van der Waals surface area contributed by atoms with E-state index in [1.807, 2.05) is 26.8 Å². The quantitative estimate of drug-likeness (QED) is 0.439. The van der Waals surface area contributed by atoms with Crippen molar-refractivity contribution in [3.8, 4) is 5.75 Å². The normalized spacial score (nSPS) is 13.0. The van der Waals surface area contributed by atoms with Gasteiger partial charge in [-0.3, -0.25) is 13.9 Å². The Morgan fingerprint density at radius 1 is 1.11 bits per heavy atom. The Morgan fingerprint density at radius 3 is 2.36 bits per heavy atom. The van der Waals surface area contributed by atoms with Gasteiger partial charge in [-0.15, -0.1) is 0 Å². The lowest BCUT2D eigenvalue weighted by molar-refractivity contribution is -0.140. The third-order valence-corrected chi connectivity index (χ3v) is 7.34. The van der Waals surface area contributed by atoms with Gasteiger partial charge in [-0.25, -0.2) is 8.42 Å². The number of hydrogen-bond donors (Lipinski definition) is 1. The molecule has 1 N–H and O–H groups in total. The molecule has 2 aromatic carbocycles. The predicted molar refractivity (Wildman–Crippen MR) is 144 cm³/mol. The van der Waals surface area contributed by atoms with E-state index in [1.165, 1.54) is 4.90 Å². The van der Waals surface area contributed by atoms with Crippen LogP contribution in [0.1, 0.15) is 44.7 Å². The molecule has 2 amide bonds. The summed E-state index contributed by atoms with van der Waals surface area (Å²) in [6.45, 7) is 7.06. The van der Waals surface area contributed by atoms with Crippen LogP contribution in [0, 0.1) is 6.92 Å². The summed E-state index contributed by atoms with van der Waals surface area (Å²) in [5, 5.41) is 3.41. The van der Waals surface area contributed by atoms with Gasteiger partial charge in [-0.2, -0.15) is 0 Å². The average Bonchev–Trinajstić information content (AvgIpc) is 2.82. The van der Waals surface area contributed by atoms with Gasteiger partial charge in [0.1, 0.15) is 18.3 Å². The summed E-state index contributed by atoms with van der Waals surface area (Å²) in [5.41, 5.74) is 1.72. The molecule has 0 aliphatic carbocycles. The highest BCUT2D eigenvalue weighted by atomic mass is 35.5. The van der Waals surface area contributed by atoms with Crippen molar-refractivity contribution >= 4 is 39.1 Å². The molecule has 2 aromatic rings. The van der Waals surface area contributed by atoms with Crippen LogP contribution in [0.15, 0.2) is 42.5 Å².